The smallest absolute Gasteiger partial charge is 0.245 e. The second-order valence-electron chi connectivity index (χ2n) is 5.01. The molecule has 7 N–H and O–H groups in total. The van der Waals surface area contributed by atoms with Crippen molar-refractivity contribution in [2.75, 3.05) is 0 Å². The van der Waals surface area contributed by atoms with E-state index in [1.165, 1.54) is 12.1 Å². The van der Waals surface area contributed by atoms with Gasteiger partial charge in [-0.2, -0.15) is 4.72 Å². The van der Waals surface area contributed by atoms with Crippen molar-refractivity contribution >= 4 is 15.9 Å². The molecule has 0 aliphatic rings. The molecule has 122 valence electrons. The van der Waals surface area contributed by atoms with Crippen molar-refractivity contribution < 1.29 is 13.5 Å². The quantitative estimate of drug-likeness (QED) is 0.297. The molecule has 0 amide bonds. The van der Waals surface area contributed by atoms with Crippen molar-refractivity contribution in [3.05, 3.63) is 59.7 Å². The predicted molar refractivity (Wildman–Crippen MR) is 87.6 cm³/mol. The van der Waals surface area contributed by atoms with Gasteiger partial charge in [-0.25, -0.2) is 8.42 Å². The summed E-state index contributed by atoms with van der Waals surface area (Å²) in [4.78, 5) is -0.367. The SMILES string of the molecule is N=C(N)c1ccc(O)c(S(=O)(=O)NC(N)Cc2ccccc2)c1. The molecule has 8 heteroatoms. The maximum Gasteiger partial charge on any atom is 0.245 e. The summed E-state index contributed by atoms with van der Waals surface area (Å²) in [5.74, 6) is -0.732. The van der Waals surface area contributed by atoms with Crippen LogP contribution in [0.15, 0.2) is 53.4 Å². The molecule has 0 radical (unpaired) electrons. The molecule has 2 aromatic rings. The van der Waals surface area contributed by atoms with Crippen LogP contribution < -0.4 is 16.2 Å². The lowest BCUT2D eigenvalue weighted by molar-refractivity contribution is 0.456. The van der Waals surface area contributed by atoms with Crippen molar-refractivity contribution in [2.45, 2.75) is 17.5 Å². The third-order valence-corrected chi connectivity index (χ3v) is 4.68. The number of nitrogens with one attached hydrogen (secondary N) is 2. The summed E-state index contributed by atoms with van der Waals surface area (Å²) < 4.78 is 27.0. The lowest BCUT2D eigenvalue weighted by atomic mass is 10.1. The Labute approximate surface area is 134 Å². The lowest BCUT2D eigenvalue weighted by Gasteiger charge is -2.15. The highest BCUT2D eigenvalue weighted by Crippen LogP contribution is 2.23. The Bertz CT molecular complexity index is 807. The van der Waals surface area contributed by atoms with Gasteiger partial charge in [0.25, 0.3) is 0 Å². The number of aromatic hydroxyl groups is 1. The fourth-order valence-electron chi connectivity index (χ4n) is 2.07. The molecule has 0 heterocycles. The van der Waals surface area contributed by atoms with E-state index in [9.17, 15) is 13.5 Å². The third-order valence-electron chi connectivity index (χ3n) is 3.17. The molecule has 1 unspecified atom stereocenters. The minimum atomic E-state index is -4.04. The highest BCUT2D eigenvalue weighted by atomic mass is 32.2. The van der Waals surface area contributed by atoms with Crippen LogP contribution in [-0.4, -0.2) is 25.5 Å². The molecule has 7 nitrogen and oxygen atoms in total. The Morgan fingerprint density at radius 1 is 1.22 bits per heavy atom. The van der Waals surface area contributed by atoms with Gasteiger partial charge in [-0.1, -0.05) is 30.3 Å². The molecular formula is C15H18N4O3S. The highest BCUT2D eigenvalue weighted by Gasteiger charge is 2.22. The molecule has 1 atom stereocenters. The number of phenols is 1. The number of benzene rings is 2. The number of sulfonamides is 1. The minimum absolute atomic E-state index is 0.194. The van der Waals surface area contributed by atoms with Crippen molar-refractivity contribution in [1.29, 1.82) is 5.41 Å². The van der Waals surface area contributed by atoms with E-state index in [0.29, 0.717) is 6.42 Å². The molecule has 0 bridgehead atoms. The van der Waals surface area contributed by atoms with Crippen LogP contribution in [0.5, 0.6) is 5.75 Å². The maximum atomic E-state index is 12.4. The summed E-state index contributed by atoms with van der Waals surface area (Å²) in [6.45, 7) is 0. The Balaban J connectivity index is 2.21. The van der Waals surface area contributed by atoms with Gasteiger partial charge >= 0.3 is 0 Å². The number of hydrogen-bond acceptors (Lipinski definition) is 5. The molecule has 2 rings (SSSR count). The predicted octanol–water partition coefficient (Wildman–Crippen LogP) is 0.482. The van der Waals surface area contributed by atoms with Gasteiger partial charge < -0.3 is 16.6 Å². The van der Waals surface area contributed by atoms with E-state index in [1.54, 1.807) is 0 Å². The Hall–Kier alpha value is -2.42. The molecule has 0 saturated carbocycles. The van der Waals surface area contributed by atoms with Gasteiger partial charge in [-0.05, 0) is 23.8 Å². The first kappa shape index (κ1) is 16.9. The fourth-order valence-corrected chi connectivity index (χ4v) is 3.30. The average molecular weight is 334 g/mol. The van der Waals surface area contributed by atoms with Gasteiger partial charge in [0.15, 0.2) is 0 Å². The Kier molecular flexibility index (Phi) is 4.99. The van der Waals surface area contributed by atoms with Crippen LogP contribution >= 0.6 is 0 Å². The van der Waals surface area contributed by atoms with E-state index in [4.69, 9.17) is 16.9 Å². The fraction of sp³-hybridized carbons (Fsp3) is 0.133. The number of amidine groups is 1. The molecule has 0 spiro atoms. The van der Waals surface area contributed by atoms with E-state index in [2.05, 4.69) is 4.72 Å². The molecule has 0 fully saturated rings. The van der Waals surface area contributed by atoms with Gasteiger partial charge in [0.2, 0.25) is 10.0 Å². The van der Waals surface area contributed by atoms with Crippen LogP contribution in [0.25, 0.3) is 0 Å². The van der Waals surface area contributed by atoms with Gasteiger partial charge in [0, 0.05) is 12.0 Å². The zero-order valence-electron chi connectivity index (χ0n) is 12.2. The van der Waals surface area contributed by atoms with E-state index in [-0.39, 0.29) is 16.3 Å². The average Bonchev–Trinajstić information content (AvgIpc) is 2.47. The maximum absolute atomic E-state index is 12.4. The van der Waals surface area contributed by atoms with Crippen molar-refractivity contribution in [3.63, 3.8) is 0 Å². The molecule has 0 aliphatic carbocycles. The van der Waals surface area contributed by atoms with E-state index < -0.39 is 21.9 Å². The van der Waals surface area contributed by atoms with Gasteiger partial charge in [0.1, 0.15) is 16.5 Å². The molecular weight excluding hydrogens is 316 g/mol. The second-order valence-corrected chi connectivity index (χ2v) is 6.70. The second kappa shape index (κ2) is 6.78. The first-order valence-corrected chi connectivity index (χ1v) is 8.27. The van der Waals surface area contributed by atoms with Gasteiger partial charge in [0.05, 0.1) is 6.17 Å². The van der Waals surface area contributed by atoms with Gasteiger partial charge in [-0.15, -0.1) is 0 Å². The first-order chi connectivity index (χ1) is 10.8. The van der Waals surface area contributed by atoms with E-state index in [0.717, 1.165) is 11.6 Å². The summed E-state index contributed by atoms with van der Waals surface area (Å²) in [7, 11) is -4.04. The highest BCUT2D eigenvalue weighted by molar-refractivity contribution is 7.89. The molecule has 0 aliphatic heterocycles. The largest absolute Gasteiger partial charge is 0.507 e. The van der Waals surface area contributed by atoms with E-state index >= 15 is 0 Å². The summed E-state index contributed by atoms with van der Waals surface area (Å²) in [6.07, 6.45) is -0.560. The number of hydrogen-bond donors (Lipinski definition) is 5. The van der Waals surface area contributed by atoms with E-state index in [1.807, 2.05) is 30.3 Å². The van der Waals surface area contributed by atoms with Crippen molar-refractivity contribution in [2.24, 2.45) is 11.5 Å². The zero-order chi connectivity index (χ0) is 17.0. The number of nitrogens with two attached hydrogens (primary N) is 2. The van der Waals surface area contributed by atoms with Crippen molar-refractivity contribution in [3.8, 4) is 5.75 Å². The van der Waals surface area contributed by atoms with Crippen LogP contribution in [0.1, 0.15) is 11.1 Å². The molecule has 2 aromatic carbocycles. The number of rotatable bonds is 6. The number of phenolic OH excluding ortho intramolecular Hbond substituents is 1. The summed E-state index contributed by atoms with van der Waals surface area (Å²) in [5.41, 5.74) is 12.3. The van der Waals surface area contributed by atoms with Crippen LogP contribution in [0.3, 0.4) is 0 Å². The monoisotopic (exact) mass is 334 g/mol. The molecule has 23 heavy (non-hydrogen) atoms. The number of nitrogen functional groups attached to an aromatic ring is 1. The topological polar surface area (TPSA) is 142 Å². The van der Waals surface area contributed by atoms with Crippen LogP contribution in [0, 0.1) is 5.41 Å². The van der Waals surface area contributed by atoms with Crippen LogP contribution in [0.4, 0.5) is 0 Å². The third kappa shape index (κ3) is 4.28. The Morgan fingerprint density at radius 3 is 2.48 bits per heavy atom. The lowest BCUT2D eigenvalue weighted by Crippen LogP contribution is -2.43. The Morgan fingerprint density at radius 2 is 1.87 bits per heavy atom. The molecule has 0 saturated heterocycles. The standard InChI is InChI=1S/C15H18N4O3S/c16-14(8-10-4-2-1-3-5-10)19-23(21,22)13-9-11(15(17)18)6-7-12(13)20/h1-7,9,14,19-20H,8,16H2,(H3,17,18). The van der Waals surface area contributed by atoms with Crippen LogP contribution in [-0.2, 0) is 16.4 Å². The summed E-state index contributed by atoms with van der Waals surface area (Å²) >= 11 is 0. The normalized spacial score (nSPS) is 12.7. The summed E-state index contributed by atoms with van der Waals surface area (Å²) in [5, 5.41) is 17.1. The van der Waals surface area contributed by atoms with Gasteiger partial charge in [-0.3, -0.25) is 5.41 Å². The summed E-state index contributed by atoms with van der Waals surface area (Å²) in [6, 6.07) is 12.9. The minimum Gasteiger partial charge on any atom is -0.507 e. The van der Waals surface area contributed by atoms with Crippen LogP contribution in [0.2, 0.25) is 0 Å². The first-order valence-electron chi connectivity index (χ1n) is 6.79. The molecule has 0 aromatic heterocycles. The zero-order valence-corrected chi connectivity index (χ0v) is 13.0. The van der Waals surface area contributed by atoms with Crippen molar-refractivity contribution in [1.82, 2.24) is 4.72 Å².